The monoisotopic (exact) mass is 443 g/mol. The number of fused-ring (bicyclic) bond motifs is 1. The molecule has 0 unspecified atom stereocenters. The maximum absolute atomic E-state index is 12.7. The van der Waals surface area contributed by atoms with E-state index < -0.39 is 16.1 Å². The third-order valence-corrected chi connectivity index (χ3v) is 6.76. The lowest BCUT2D eigenvalue weighted by Crippen LogP contribution is -2.34. The minimum absolute atomic E-state index is 0.162. The first-order valence-electron chi connectivity index (χ1n) is 10.2. The highest BCUT2D eigenvalue weighted by molar-refractivity contribution is 7.92. The van der Waals surface area contributed by atoms with E-state index in [2.05, 4.69) is 10.6 Å². The molecule has 8 nitrogen and oxygen atoms in total. The SMILES string of the molecule is C[C@H]1Cc2cc(C(=O)Nc3ccc(NC(=O)[C@H]4CCCO4)cc3)ccc2N1S(C)(=O)=O. The van der Waals surface area contributed by atoms with Crippen LogP contribution in [-0.4, -0.2) is 45.2 Å². The Morgan fingerprint density at radius 2 is 1.74 bits per heavy atom. The molecule has 2 aliphatic heterocycles. The van der Waals surface area contributed by atoms with Crippen LogP contribution in [0.15, 0.2) is 42.5 Å². The fraction of sp³-hybridized carbons (Fsp3) is 0.364. The van der Waals surface area contributed by atoms with Gasteiger partial charge in [-0.3, -0.25) is 13.9 Å². The Morgan fingerprint density at radius 1 is 1.06 bits per heavy atom. The highest BCUT2D eigenvalue weighted by Crippen LogP contribution is 2.34. The van der Waals surface area contributed by atoms with Crippen LogP contribution in [0.3, 0.4) is 0 Å². The Hall–Kier alpha value is -2.91. The van der Waals surface area contributed by atoms with Gasteiger partial charge in [0.15, 0.2) is 0 Å². The molecule has 2 atom stereocenters. The smallest absolute Gasteiger partial charge is 0.255 e. The molecule has 31 heavy (non-hydrogen) atoms. The average Bonchev–Trinajstić information content (AvgIpc) is 3.35. The van der Waals surface area contributed by atoms with Crippen molar-refractivity contribution in [2.45, 2.75) is 38.3 Å². The molecule has 1 saturated heterocycles. The summed E-state index contributed by atoms with van der Waals surface area (Å²) in [5, 5.41) is 5.64. The van der Waals surface area contributed by atoms with Crippen molar-refractivity contribution in [2.24, 2.45) is 0 Å². The fourth-order valence-corrected chi connectivity index (χ4v) is 5.36. The lowest BCUT2D eigenvalue weighted by molar-refractivity contribution is -0.124. The minimum atomic E-state index is -3.37. The number of carbonyl (C=O) groups is 2. The molecule has 1 fully saturated rings. The predicted molar refractivity (Wildman–Crippen MR) is 119 cm³/mol. The van der Waals surface area contributed by atoms with Gasteiger partial charge in [0.25, 0.3) is 11.8 Å². The van der Waals surface area contributed by atoms with Crippen LogP contribution in [-0.2, 0) is 26.0 Å². The van der Waals surface area contributed by atoms with Crippen molar-refractivity contribution < 1.29 is 22.7 Å². The van der Waals surface area contributed by atoms with Crippen molar-refractivity contribution in [1.29, 1.82) is 0 Å². The number of hydrogen-bond acceptors (Lipinski definition) is 5. The summed E-state index contributed by atoms with van der Waals surface area (Å²) in [7, 11) is -3.37. The number of anilines is 3. The Labute approximate surface area is 181 Å². The van der Waals surface area contributed by atoms with Gasteiger partial charge in [-0.1, -0.05) is 0 Å². The summed E-state index contributed by atoms with van der Waals surface area (Å²) < 4.78 is 30.9. The Balaban J connectivity index is 1.42. The van der Waals surface area contributed by atoms with Gasteiger partial charge in [-0.25, -0.2) is 8.42 Å². The topological polar surface area (TPSA) is 105 Å². The molecule has 0 bridgehead atoms. The Morgan fingerprint density at radius 3 is 2.35 bits per heavy atom. The van der Waals surface area contributed by atoms with Crippen molar-refractivity contribution in [1.82, 2.24) is 0 Å². The van der Waals surface area contributed by atoms with E-state index in [4.69, 9.17) is 4.74 Å². The second kappa shape index (κ2) is 8.32. The zero-order chi connectivity index (χ0) is 22.2. The normalized spacial score (nSPS) is 20.4. The van der Waals surface area contributed by atoms with Crippen molar-refractivity contribution in [3.05, 3.63) is 53.6 Å². The molecule has 9 heteroatoms. The van der Waals surface area contributed by atoms with E-state index in [0.717, 1.165) is 18.4 Å². The van der Waals surface area contributed by atoms with Gasteiger partial charge in [0.1, 0.15) is 6.10 Å². The van der Waals surface area contributed by atoms with E-state index in [1.807, 2.05) is 6.92 Å². The maximum Gasteiger partial charge on any atom is 0.255 e. The standard InChI is InChI=1S/C22H25N3O5S/c1-14-12-16-13-15(5-10-19(16)25(14)31(2,28)29)21(26)23-17-6-8-18(9-7-17)24-22(27)20-4-3-11-30-20/h5-10,13-14,20H,3-4,11-12H2,1-2H3,(H,23,26)(H,24,27)/t14-,20+/m0/s1. The second-order valence-electron chi connectivity index (χ2n) is 7.98. The molecule has 164 valence electrons. The van der Waals surface area contributed by atoms with Gasteiger partial charge in [0.2, 0.25) is 10.0 Å². The minimum Gasteiger partial charge on any atom is -0.368 e. The van der Waals surface area contributed by atoms with E-state index in [1.165, 1.54) is 10.6 Å². The summed E-state index contributed by atoms with van der Waals surface area (Å²) in [6.45, 7) is 2.46. The van der Waals surface area contributed by atoms with E-state index in [-0.39, 0.29) is 17.9 Å². The second-order valence-corrected chi connectivity index (χ2v) is 9.84. The molecule has 2 heterocycles. The van der Waals surface area contributed by atoms with Gasteiger partial charge in [0.05, 0.1) is 11.9 Å². The zero-order valence-electron chi connectivity index (χ0n) is 17.4. The van der Waals surface area contributed by atoms with E-state index >= 15 is 0 Å². The first-order valence-corrected chi connectivity index (χ1v) is 12.0. The molecular formula is C22H25N3O5S. The van der Waals surface area contributed by atoms with Gasteiger partial charge in [-0.05, 0) is 74.2 Å². The summed E-state index contributed by atoms with van der Waals surface area (Å²) in [5.74, 6) is -0.450. The van der Waals surface area contributed by atoms with Crippen LogP contribution in [0.5, 0.6) is 0 Å². The highest BCUT2D eigenvalue weighted by Gasteiger charge is 2.32. The van der Waals surface area contributed by atoms with E-state index in [9.17, 15) is 18.0 Å². The first-order chi connectivity index (χ1) is 14.7. The molecular weight excluding hydrogens is 418 g/mol. The molecule has 2 aromatic rings. The van der Waals surface area contributed by atoms with Crippen molar-refractivity contribution in [3.63, 3.8) is 0 Å². The van der Waals surface area contributed by atoms with Crippen LogP contribution in [0.2, 0.25) is 0 Å². The number of nitrogens with zero attached hydrogens (tertiary/aromatic N) is 1. The van der Waals surface area contributed by atoms with Crippen molar-refractivity contribution in [3.8, 4) is 0 Å². The molecule has 2 aliphatic rings. The molecule has 2 N–H and O–H groups in total. The average molecular weight is 444 g/mol. The number of carbonyl (C=O) groups excluding carboxylic acids is 2. The summed E-state index contributed by atoms with van der Waals surface area (Å²) >= 11 is 0. The van der Waals surface area contributed by atoms with Crippen LogP contribution >= 0.6 is 0 Å². The summed E-state index contributed by atoms with van der Waals surface area (Å²) in [6.07, 6.45) is 2.95. The van der Waals surface area contributed by atoms with Gasteiger partial charge < -0.3 is 15.4 Å². The number of nitrogens with one attached hydrogen (secondary N) is 2. The predicted octanol–water partition coefficient (Wildman–Crippen LogP) is 2.77. The molecule has 4 rings (SSSR count). The quantitative estimate of drug-likeness (QED) is 0.739. The van der Waals surface area contributed by atoms with Crippen LogP contribution < -0.4 is 14.9 Å². The molecule has 2 aromatic carbocycles. The van der Waals surface area contributed by atoms with Gasteiger partial charge in [0, 0.05) is 29.6 Å². The highest BCUT2D eigenvalue weighted by atomic mass is 32.2. The number of hydrogen-bond donors (Lipinski definition) is 2. The van der Waals surface area contributed by atoms with Crippen LogP contribution in [0.4, 0.5) is 17.1 Å². The first kappa shape index (κ1) is 21.3. The third-order valence-electron chi connectivity index (χ3n) is 5.48. The van der Waals surface area contributed by atoms with Crippen LogP contribution in [0.1, 0.15) is 35.7 Å². The molecule has 0 spiro atoms. The number of amides is 2. The van der Waals surface area contributed by atoms with Gasteiger partial charge in [-0.2, -0.15) is 0 Å². The third kappa shape index (κ3) is 4.57. The van der Waals surface area contributed by atoms with Gasteiger partial charge >= 0.3 is 0 Å². The fourth-order valence-electron chi connectivity index (χ4n) is 4.10. The van der Waals surface area contributed by atoms with E-state index in [1.54, 1.807) is 42.5 Å². The summed E-state index contributed by atoms with van der Waals surface area (Å²) in [4.78, 5) is 24.8. The van der Waals surface area contributed by atoms with Crippen molar-refractivity contribution >= 4 is 38.9 Å². The zero-order valence-corrected chi connectivity index (χ0v) is 18.2. The molecule has 0 aliphatic carbocycles. The number of benzene rings is 2. The Kier molecular flexibility index (Phi) is 5.72. The largest absolute Gasteiger partial charge is 0.368 e. The van der Waals surface area contributed by atoms with Crippen LogP contribution in [0.25, 0.3) is 0 Å². The van der Waals surface area contributed by atoms with Gasteiger partial charge in [-0.15, -0.1) is 0 Å². The maximum atomic E-state index is 12.7. The van der Waals surface area contributed by atoms with E-state index in [0.29, 0.717) is 35.7 Å². The van der Waals surface area contributed by atoms with Crippen LogP contribution in [0, 0.1) is 0 Å². The number of rotatable bonds is 5. The Bertz CT molecular complexity index is 1110. The number of sulfonamides is 1. The number of ether oxygens (including phenoxy) is 1. The summed E-state index contributed by atoms with van der Waals surface area (Å²) in [6, 6.07) is 11.7. The molecule has 0 aromatic heterocycles. The molecule has 0 saturated carbocycles. The lowest BCUT2D eigenvalue weighted by Gasteiger charge is -2.21. The summed E-state index contributed by atoms with van der Waals surface area (Å²) in [5.41, 5.74) is 3.13. The van der Waals surface area contributed by atoms with Crippen molar-refractivity contribution in [2.75, 3.05) is 27.8 Å². The molecule has 2 amide bonds. The molecule has 0 radical (unpaired) electrons. The lowest BCUT2D eigenvalue weighted by atomic mass is 10.1.